The molecule has 0 aromatic carbocycles. The molecule has 1 saturated heterocycles. The fourth-order valence-corrected chi connectivity index (χ4v) is 7.76. The fraction of sp³-hybridized carbons (Fsp3) is 0.750. The third-order valence-corrected chi connectivity index (χ3v) is 9.11. The monoisotopic (exact) mass is 418 g/mol. The van der Waals surface area contributed by atoms with Crippen molar-refractivity contribution in [1.82, 2.24) is 0 Å². The van der Waals surface area contributed by atoms with E-state index in [9.17, 15) is 9.59 Å². The molecule has 5 aliphatic rings. The van der Waals surface area contributed by atoms with Gasteiger partial charge < -0.3 is 9.47 Å². The zero-order valence-electron chi connectivity index (χ0n) is 17.8. The quantitative estimate of drug-likeness (QED) is 0.479. The molecule has 29 heavy (non-hydrogen) atoms. The number of alkyl halides is 1. The van der Waals surface area contributed by atoms with E-state index in [0.717, 1.165) is 32.1 Å². The maximum absolute atomic E-state index is 13.2. The van der Waals surface area contributed by atoms with Crippen molar-refractivity contribution >= 4 is 23.2 Å². The van der Waals surface area contributed by atoms with E-state index in [0.29, 0.717) is 18.3 Å². The van der Waals surface area contributed by atoms with E-state index in [1.807, 2.05) is 19.9 Å². The van der Waals surface area contributed by atoms with E-state index >= 15 is 0 Å². The summed E-state index contributed by atoms with van der Waals surface area (Å²) < 4.78 is 12.8. The molecule has 0 aromatic rings. The molecule has 5 heteroatoms. The van der Waals surface area contributed by atoms with Crippen LogP contribution in [0.1, 0.15) is 66.2 Å². The van der Waals surface area contributed by atoms with Crippen LogP contribution in [0, 0.1) is 22.7 Å². The number of hydrogen-bond donors (Lipinski definition) is 0. The average molecular weight is 419 g/mol. The molecular weight excluding hydrogens is 388 g/mol. The minimum Gasteiger partial charge on any atom is -0.344 e. The number of hydrogen-bond acceptors (Lipinski definition) is 4. The molecule has 0 bridgehead atoms. The number of Topliss-reactive ketones (excluding diaryl/α,β-unsaturated/α-hetero) is 1. The van der Waals surface area contributed by atoms with Crippen molar-refractivity contribution < 1.29 is 19.1 Å². The molecule has 1 heterocycles. The maximum atomic E-state index is 13.2. The number of allylic oxidation sites excluding steroid dienone is 4. The van der Waals surface area contributed by atoms with Gasteiger partial charge in [0.1, 0.15) is 0 Å². The molecule has 1 aliphatic heterocycles. The molecule has 5 rings (SSSR count). The lowest BCUT2D eigenvalue weighted by Crippen LogP contribution is -2.59. The summed E-state index contributed by atoms with van der Waals surface area (Å²) in [5.41, 5.74) is 1.48. The molecule has 0 amide bonds. The zero-order chi connectivity index (χ0) is 20.8. The predicted octanol–water partition coefficient (Wildman–Crippen LogP) is 4.75. The Hall–Kier alpha value is -0.970. The molecule has 6 atom stereocenters. The number of carbonyl (C=O) groups is 2. The topological polar surface area (TPSA) is 52.6 Å². The first-order valence-corrected chi connectivity index (χ1v) is 11.5. The highest BCUT2D eigenvalue weighted by molar-refractivity contribution is 6.29. The molecule has 158 valence electrons. The lowest BCUT2D eigenvalue weighted by molar-refractivity contribution is -0.203. The molecule has 0 radical (unpaired) electrons. The molecular formula is C24H31ClO4. The summed E-state index contributed by atoms with van der Waals surface area (Å²) in [6.45, 7) is 8.33. The molecule has 4 nitrogen and oxygen atoms in total. The second-order valence-corrected chi connectivity index (χ2v) is 10.9. The van der Waals surface area contributed by atoms with E-state index in [-0.39, 0.29) is 34.4 Å². The molecule has 0 N–H and O–H groups in total. The van der Waals surface area contributed by atoms with Gasteiger partial charge in [-0.05, 0) is 63.9 Å². The third kappa shape index (κ3) is 2.40. The van der Waals surface area contributed by atoms with Crippen molar-refractivity contribution in [1.29, 1.82) is 0 Å². The lowest BCUT2D eigenvalue weighted by atomic mass is 9.50. The normalized spacial score (nSPS) is 47.5. The first kappa shape index (κ1) is 20.0. The standard InChI is InChI=1S/C24H31ClO4/c1-21(2)28-20-12-18-16-6-5-14-11-15(26)7-9-22(14,3)17(16)8-10-23(18,4)24(20,29-21)19(27)13-25/h8,11,16,18,20H,5-7,9-10,12-13H2,1-4H3/t16-,18+,20?,22+,23+,24-/m1/s1. The Morgan fingerprint density at radius 1 is 1.24 bits per heavy atom. The van der Waals surface area contributed by atoms with E-state index in [4.69, 9.17) is 21.1 Å². The average Bonchev–Trinajstić information content (AvgIpc) is 3.07. The van der Waals surface area contributed by atoms with Gasteiger partial charge in [0.05, 0.1) is 12.0 Å². The van der Waals surface area contributed by atoms with Gasteiger partial charge in [0.25, 0.3) is 0 Å². The highest BCUT2D eigenvalue weighted by atomic mass is 35.5. The number of carbonyl (C=O) groups excluding carboxylic acids is 2. The minimum absolute atomic E-state index is 0.0134. The van der Waals surface area contributed by atoms with Gasteiger partial charge in [0.2, 0.25) is 0 Å². The number of fused-ring (bicyclic) bond motifs is 7. The first-order chi connectivity index (χ1) is 13.6. The van der Waals surface area contributed by atoms with Crippen molar-refractivity contribution in [3.8, 4) is 0 Å². The van der Waals surface area contributed by atoms with E-state index in [2.05, 4.69) is 19.9 Å². The number of ether oxygens (including phenoxy) is 2. The van der Waals surface area contributed by atoms with Crippen LogP contribution in [-0.4, -0.2) is 34.9 Å². The van der Waals surface area contributed by atoms with Gasteiger partial charge in [0.15, 0.2) is 23.0 Å². The summed E-state index contributed by atoms with van der Waals surface area (Å²) in [7, 11) is 0. The van der Waals surface area contributed by atoms with Crippen LogP contribution in [0.3, 0.4) is 0 Å². The Kier molecular flexibility index (Phi) is 4.16. The fourth-order valence-electron chi connectivity index (χ4n) is 7.56. The summed E-state index contributed by atoms with van der Waals surface area (Å²) in [5, 5.41) is 0. The first-order valence-electron chi connectivity index (χ1n) is 11.0. The Balaban J connectivity index is 1.60. The predicted molar refractivity (Wildman–Crippen MR) is 111 cm³/mol. The Morgan fingerprint density at radius 3 is 2.72 bits per heavy atom. The van der Waals surface area contributed by atoms with E-state index < -0.39 is 11.4 Å². The van der Waals surface area contributed by atoms with Crippen molar-refractivity contribution in [3.05, 3.63) is 23.3 Å². The molecule has 3 fully saturated rings. The number of ketones is 2. The molecule has 1 unspecified atom stereocenters. The molecule has 2 saturated carbocycles. The van der Waals surface area contributed by atoms with Crippen molar-refractivity contribution in [2.45, 2.75) is 83.7 Å². The molecule has 0 aromatic heterocycles. The van der Waals surface area contributed by atoms with Crippen LogP contribution in [0.25, 0.3) is 0 Å². The summed E-state index contributed by atoms with van der Waals surface area (Å²) in [6, 6.07) is 0. The third-order valence-electron chi connectivity index (χ3n) is 8.87. The lowest BCUT2D eigenvalue weighted by Gasteiger charge is -2.55. The SMILES string of the molecule is CC1(C)OC2C[C@H]3[C@@H]4CCC5=CC(=O)CC[C@]5(C)C4=CC[C@]3(C)[C@]2(C(=O)CCl)O1. The zero-order valence-corrected chi connectivity index (χ0v) is 18.6. The van der Waals surface area contributed by atoms with Gasteiger partial charge in [-0.25, -0.2) is 0 Å². The van der Waals surface area contributed by atoms with E-state index in [1.165, 1.54) is 11.1 Å². The highest BCUT2D eigenvalue weighted by Crippen LogP contribution is 2.69. The number of halogens is 1. The Bertz CT molecular complexity index is 857. The molecule has 0 spiro atoms. The Labute approximate surface area is 178 Å². The van der Waals surface area contributed by atoms with Crippen molar-refractivity contribution in [3.63, 3.8) is 0 Å². The summed E-state index contributed by atoms with van der Waals surface area (Å²) in [4.78, 5) is 25.3. The van der Waals surface area contributed by atoms with Crippen LogP contribution in [0.4, 0.5) is 0 Å². The van der Waals surface area contributed by atoms with Gasteiger partial charge in [-0.15, -0.1) is 11.6 Å². The maximum Gasteiger partial charge on any atom is 0.182 e. The number of rotatable bonds is 2. The van der Waals surface area contributed by atoms with Crippen LogP contribution in [0.5, 0.6) is 0 Å². The van der Waals surface area contributed by atoms with Crippen LogP contribution >= 0.6 is 11.6 Å². The van der Waals surface area contributed by atoms with Crippen LogP contribution in [0.2, 0.25) is 0 Å². The van der Waals surface area contributed by atoms with Gasteiger partial charge in [0, 0.05) is 17.3 Å². The summed E-state index contributed by atoms with van der Waals surface area (Å²) in [6.07, 6.45) is 9.19. The van der Waals surface area contributed by atoms with Gasteiger partial charge in [-0.3, -0.25) is 9.59 Å². The van der Waals surface area contributed by atoms with Crippen molar-refractivity contribution in [2.75, 3.05) is 5.88 Å². The minimum atomic E-state index is -0.968. The summed E-state index contributed by atoms with van der Waals surface area (Å²) in [5.74, 6) is 0.136. The van der Waals surface area contributed by atoms with Gasteiger partial charge in [-0.2, -0.15) is 0 Å². The smallest absolute Gasteiger partial charge is 0.182 e. The van der Waals surface area contributed by atoms with Gasteiger partial charge in [-0.1, -0.05) is 31.1 Å². The van der Waals surface area contributed by atoms with Crippen molar-refractivity contribution in [2.24, 2.45) is 22.7 Å². The van der Waals surface area contributed by atoms with Crippen LogP contribution < -0.4 is 0 Å². The Morgan fingerprint density at radius 2 is 2.00 bits per heavy atom. The van der Waals surface area contributed by atoms with Crippen LogP contribution in [-0.2, 0) is 19.1 Å². The summed E-state index contributed by atoms with van der Waals surface area (Å²) >= 11 is 6.10. The second kappa shape index (κ2) is 6.05. The highest BCUT2D eigenvalue weighted by Gasteiger charge is 2.74. The molecule has 4 aliphatic carbocycles. The largest absolute Gasteiger partial charge is 0.344 e. The van der Waals surface area contributed by atoms with Gasteiger partial charge >= 0.3 is 0 Å². The second-order valence-electron chi connectivity index (χ2n) is 10.6. The van der Waals surface area contributed by atoms with Crippen LogP contribution in [0.15, 0.2) is 23.3 Å². The van der Waals surface area contributed by atoms with E-state index in [1.54, 1.807) is 0 Å².